The van der Waals surface area contributed by atoms with Crippen molar-refractivity contribution in [3.63, 3.8) is 0 Å². The van der Waals surface area contributed by atoms with Crippen LogP contribution in [-0.2, 0) is 0 Å². The van der Waals surface area contributed by atoms with Crippen LogP contribution in [0.1, 0.15) is 24.8 Å². The van der Waals surface area contributed by atoms with Crippen molar-refractivity contribution in [2.45, 2.75) is 26.2 Å². The molecule has 1 aromatic carbocycles. The molecule has 0 atom stereocenters. The van der Waals surface area contributed by atoms with E-state index in [1.54, 1.807) is 6.07 Å². The Kier molecular flexibility index (Phi) is 2.71. The van der Waals surface area contributed by atoms with E-state index < -0.39 is 0 Å². The van der Waals surface area contributed by atoms with E-state index in [0.29, 0.717) is 0 Å². The van der Waals surface area contributed by atoms with Crippen molar-refractivity contribution < 1.29 is 4.39 Å². The number of rotatable bonds is 4. The van der Waals surface area contributed by atoms with E-state index in [2.05, 4.69) is 5.32 Å². The lowest BCUT2D eigenvalue weighted by Crippen LogP contribution is -2.04. The Balaban J connectivity index is 1.90. The zero-order valence-corrected chi connectivity index (χ0v) is 8.52. The van der Waals surface area contributed by atoms with Crippen LogP contribution in [0.3, 0.4) is 0 Å². The largest absolute Gasteiger partial charge is 0.385 e. The first-order chi connectivity index (χ1) is 6.77. The first-order valence-corrected chi connectivity index (χ1v) is 5.26. The third-order valence-electron chi connectivity index (χ3n) is 2.83. The summed E-state index contributed by atoms with van der Waals surface area (Å²) in [4.78, 5) is 0. The maximum atomic E-state index is 13.1. The zero-order chi connectivity index (χ0) is 9.97. The number of anilines is 1. The highest BCUT2D eigenvalue weighted by molar-refractivity contribution is 5.50. The van der Waals surface area contributed by atoms with Crippen molar-refractivity contribution in [3.05, 3.63) is 29.6 Å². The summed E-state index contributed by atoms with van der Waals surface area (Å²) in [6.07, 6.45) is 3.98. The molecular weight excluding hydrogens is 177 g/mol. The molecule has 76 valence electrons. The molecule has 2 rings (SSSR count). The monoisotopic (exact) mass is 193 g/mol. The SMILES string of the molecule is Cc1c(F)cccc1NCCC1CC1. The fourth-order valence-corrected chi connectivity index (χ4v) is 1.62. The Bertz CT molecular complexity index is 318. The van der Waals surface area contributed by atoms with Crippen molar-refractivity contribution in [2.75, 3.05) is 11.9 Å². The van der Waals surface area contributed by atoms with Crippen LogP contribution in [0.5, 0.6) is 0 Å². The second-order valence-corrected chi connectivity index (χ2v) is 4.07. The van der Waals surface area contributed by atoms with Gasteiger partial charge in [0.15, 0.2) is 0 Å². The molecule has 2 heteroatoms. The van der Waals surface area contributed by atoms with Crippen LogP contribution in [0.25, 0.3) is 0 Å². The number of hydrogen-bond acceptors (Lipinski definition) is 1. The van der Waals surface area contributed by atoms with Crippen molar-refractivity contribution >= 4 is 5.69 Å². The molecule has 0 saturated heterocycles. The molecule has 0 radical (unpaired) electrons. The molecule has 0 bridgehead atoms. The number of nitrogens with one attached hydrogen (secondary N) is 1. The molecule has 0 aromatic heterocycles. The van der Waals surface area contributed by atoms with Crippen LogP contribution in [0.15, 0.2) is 18.2 Å². The van der Waals surface area contributed by atoms with Gasteiger partial charge in [-0.05, 0) is 31.4 Å². The van der Waals surface area contributed by atoms with Gasteiger partial charge in [0, 0.05) is 17.8 Å². The van der Waals surface area contributed by atoms with Gasteiger partial charge in [0.2, 0.25) is 0 Å². The van der Waals surface area contributed by atoms with E-state index in [9.17, 15) is 4.39 Å². The summed E-state index contributed by atoms with van der Waals surface area (Å²) in [6, 6.07) is 5.19. The van der Waals surface area contributed by atoms with E-state index >= 15 is 0 Å². The molecule has 1 aliphatic carbocycles. The lowest BCUT2D eigenvalue weighted by atomic mass is 10.2. The summed E-state index contributed by atoms with van der Waals surface area (Å²) < 4.78 is 13.1. The molecular formula is C12H16FN. The number of benzene rings is 1. The second kappa shape index (κ2) is 3.99. The van der Waals surface area contributed by atoms with Crippen molar-refractivity contribution in [1.29, 1.82) is 0 Å². The van der Waals surface area contributed by atoms with Gasteiger partial charge in [-0.1, -0.05) is 18.9 Å². The third-order valence-corrected chi connectivity index (χ3v) is 2.83. The molecule has 0 heterocycles. The molecule has 1 aromatic rings. The van der Waals surface area contributed by atoms with Crippen molar-refractivity contribution in [1.82, 2.24) is 0 Å². The van der Waals surface area contributed by atoms with Crippen LogP contribution in [0.2, 0.25) is 0 Å². The predicted molar refractivity (Wildman–Crippen MR) is 57.0 cm³/mol. The molecule has 0 amide bonds. The van der Waals surface area contributed by atoms with Crippen LogP contribution in [0.4, 0.5) is 10.1 Å². The summed E-state index contributed by atoms with van der Waals surface area (Å²) in [5, 5.41) is 3.29. The zero-order valence-electron chi connectivity index (χ0n) is 8.52. The molecule has 1 saturated carbocycles. The van der Waals surface area contributed by atoms with Gasteiger partial charge in [-0.3, -0.25) is 0 Å². The molecule has 14 heavy (non-hydrogen) atoms. The predicted octanol–water partition coefficient (Wildman–Crippen LogP) is 3.35. The smallest absolute Gasteiger partial charge is 0.128 e. The van der Waals surface area contributed by atoms with Crippen LogP contribution in [-0.4, -0.2) is 6.54 Å². The van der Waals surface area contributed by atoms with E-state index in [1.807, 2.05) is 13.0 Å². The van der Waals surface area contributed by atoms with Gasteiger partial charge in [0.05, 0.1) is 0 Å². The maximum Gasteiger partial charge on any atom is 0.128 e. The highest BCUT2D eigenvalue weighted by Crippen LogP contribution is 2.32. The topological polar surface area (TPSA) is 12.0 Å². The Labute approximate surface area is 84.3 Å². The summed E-state index contributed by atoms with van der Waals surface area (Å²) in [7, 11) is 0. The van der Waals surface area contributed by atoms with E-state index in [0.717, 1.165) is 23.7 Å². The maximum absolute atomic E-state index is 13.1. The summed E-state index contributed by atoms with van der Waals surface area (Å²) >= 11 is 0. The van der Waals surface area contributed by atoms with Gasteiger partial charge in [-0.2, -0.15) is 0 Å². The lowest BCUT2D eigenvalue weighted by molar-refractivity contribution is 0.619. The van der Waals surface area contributed by atoms with Gasteiger partial charge < -0.3 is 5.32 Å². The molecule has 1 fully saturated rings. The summed E-state index contributed by atoms with van der Waals surface area (Å²) in [5.41, 5.74) is 1.66. The van der Waals surface area contributed by atoms with E-state index in [1.165, 1.54) is 25.3 Å². The van der Waals surface area contributed by atoms with Crippen LogP contribution < -0.4 is 5.32 Å². The Morgan fingerprint density at radius 2 is 2.21 bits per heavy atom. The van der Waals surface area contributed by atoms with E-state index in [-0.39, 0.29) is 5.82 Å². The Hall–Kier alpha value is -1.05. The molecule has 0 unspecified atom stereocenters. The van der Waals surface area contributed by atoms with Crippen LogP contribution >= 0.6 is 0 Å². The molecule has 1 nitrogen and oxygen atoms in total. The minimum atomic E-state index is -0.124. The fraction of sp³-hybridized carbons (Fsp3) is 0.500. The lowest BCUT2D eigenvalue weighted by Gasteiger charge is -2.09. The highest BCUT2D eigenvalue weighted by Gasteiger charge is 2.20. The Morgan fingerprint density at radius 3 is 2.93 bits per heavy atom. The number of hydrogen-bond donors (Lipinski definition) is 1. The normalized spacial score (nSPS) is 15.6. The van der Waals surface area contributed by atoms with Gasteiger partial charge in [-0.15, -0.1) is 0 Å². The molecule has 1 aliphatic rings. The number of halogens is 1. The van der Waals surface area contributed by atoms with Crippen LogP contribution in [0, 0.1) is 18.7 Å². The third kappa shape index (κ3) is 2.25. The fourth-order valence-electron chi connectivity index (χ4n) is 1.62. The van der Waals surface area contributed by atoms with Gasteiger partial charge in [0.25, 0.3) is 0 Å². The average molecular weight is 193 g/mol. The quantitative estimate of drug-likeness (QED) is 0.773. The van der Waals surface area contributed by atoms with Gasteiger partial charge >= 0.3 is 0 Å². The second-order valence-electron chi connectivity index (χ2n) is 4.07. The minimum Gasteiger partial charge on any atom is -0.385 e. The first kappa shape index (κ1) is 9.50. The Morgan fingerprint density at radius 1 is 1.43 bits per heavy atom. The standard InChI is InChI=1S/C12H16FN/c1-9-11(13)3-2-4-12(9)14-8-7-10-5-6-10/h2-4,10,14H,5-8H2,1H3. The summed E-state index contributed by atoms with van der Waals surface area (Å²) in [5.74, 6) is 0.804. The first-order valence-electron chi connectivity index (χ1n) is 5.26. The summed E-state index contributed by atoms with van der Waals surface area (Å²) in [6.45, 7) is 2.78. The molecule has 0 spiro atoms. The van der Waals surface area contributed by atoms with Gasteiger partial charge in [0.1, 0.15) is 5.82 Å². The highest BCUT2D eigenvalue weighted by atomic mass is 19.1. The average Bonchev–Trinajstić information content (AvgIpc) is 2.96. The van der Waals surface area contributed by atoms with Crippen molar-refractivity contribution in [3.8, 4) is 0 Å². The van der Waals surface area contributed by atoms with Crippen molar-refractivity contribution in [2.24, 2.45) is 5.92 Å². The molecule has 1 N–H and O–H groups in total. The van der Waals surface area contributed by atoms with E-state index in [4.69, 9.17) is 0 Å². The minimum absolute atomic E-state index is 0.124. The van der Waals surface area contributed by atoms with Gasteiger partial charge in [-0.25, -0.2) is 4.39 Å². The molecule has 0 aliphatic heterocycles.